The molecule has 5 rings (SSSR count). The van der Waals surface area contributed by atoms with E-state index in [4.69, 9.17) is 22.1 Å². The van der Waals surface area contributed by atoms with E-state index in [1.54, 1.807) is 12.1 Å². The first-order chi connectivity index (χ1) is 13.4. The van der Waals surface area contributed by atoms with Gasteiger partial charge < -0.3 is 24.3 Å². The maximum atomic E-state index is 12.3. The molecule has 2 aliphatic heterocycles. The van der Waals surface area contributed by atoms with Crippen LogP contribution in [0.4, 0.5) is 0 Å². The van der Waals surface area contributed by atoms with E-state index in [1.807, 2.05) is 30.3 Å². The topological polar surface area (TPSA) is 92.8 Å². The Morgan fingerprint density at radius 3 is 2.86 bits per heavy atom. The van der Waals surface area contributed by atoms with Gasteiger partial charge in [-0.25, -0.2) is 0 Å². The number of esters is 1. The van der Waals surface area contributed by atoms with Gasteiger partial charge in [0.1, 0.15) is 6.04 Å². The maximum absolute atomic E-state index is 12.3. The number of fused-ring (bicyclic) bond motifs is 4. The molecule has 0 aliphatic carbocycles. The van der Waals surface area contributed by atoms with Crippen LogP contribution in [-0.4, -0.2) is 42.9 Å². The molecule has 1 aromatic heterocycles. The third kappa shape index (κ3) is 2.64. The standard InChI is InChI=1S/C20H17BN2O5/c1-26-19(24)14-9-12-11-4-2-3-5-13(11)22-18(12)17(23-14)10-6-7-15-16(8-10)28-20(21,25)27-15/h2-8,14,17,22-23,25H,9H2,1H3/t14-,17-,20?/m1/s1. The van der Waals surface area contributed by atoms with Crippen LogP contribution in [0.1, 0.15) is 22.9 Å². The van der Waals surface area contributed by atoms with Gasteiger partial charge in [-0.3, -0.25) is 10.1 Å². The quantitative estimate of drug-likeness (QED) is 0.464. The zero-order valence-electron chi connectivity index (χ0n) is 15.1. The molecule has 2 radical (unpaired) electrons. The van der Waals surface area contributed by atoms with Gasteiger partial charge in [0, 0.05) is 23.0 Å². The smallest absolute Gasteiger partial charge is 0.323 e. The molecule has 7 nitrogen and oxygen atoms in total. The predicted octanol–water partition coefficient (Wildman–Crippen LogP) is 1.49. The molecule has 3 N–H and O–H groups in total. The molecule has 3 aromatic rings. The van der Waals surface area contributed by atoms with E-state index in [0.29, 0.717) is 17.9 Å². The van der Waals surface area contributed by atoms with Crippen LogP contribution in [0.2, 0.25) is 0 Å². The SMILES string of the molecule is [B]C1(O)Oc2ccc([C@H]3N[C@@H](C(=O)OC)Cc4c3[nH]c3ccccc43)cc2O1. The molecule has 3 heterocycles. The van der Waals surface area contributed by atoms with Crippen molar-refractivity contribution >= 4 is 24.7 Å². The van der Waals surface area contributed by atoms with Crippen molar-refractivity contribution in [2.75, 3.05) is 7.11 Å². The van der Waals surface area contributed by atoms with Crippen molar-refractivity contribution in [1.82, 2.24) is 10.3 Å². The summed E-state index contributed by atoms with van der Waals surface area (Å²) in [6.07, 6.45) is 0.523. The number of nitrogens with one attached hydrogen (secondary N) is 2. The largest absolute Gasteiger partial charge is 0.468 e. The van der Waals surface area contributed by atoms with Gasteiger partial charge in [0.15, 0.2) is 11.5 Å². The second kappa shape index (κ2) is 6.02. The molecule has 0 amide bonds. The summed E-state index contributed by atoms with van der Waals surface area (Å²) < 4.78 is 15.4. The number of H-pyrrole nitrogens is 1. The lowest BCUT2D eigenvalue weighted by atomic mass is 9.90. The van der Waals surface area contributed by atoms with Crippen LogP contribution in [-0.2, 0) is 16.0 Å². The zero-order chi connectivity index (χ0) is 19.5. The summed E-state index contributed by atoms with van der Waals surface area (Å²) in [6.45, 7) is 0. The molecule has 2 aromatic carbocycles. The van der Waals surface area contributed by atoms with Crippen molar-refractivity contribution in [3.05, 3.63) is 59.3 Å². The molecule has 0 spiro atoms. The van der Waals surface area contributed by atoms with Crippen LogP contribution >= 0.6 is 0 Å². The minimum atomic E-state index is -2.18. The molecule has 28 heavy (non-hydrogen) atoms. The van der Waals surface area contributed by atoms with E-state index >= 15 is 0 Å². The van der Waals surface area contributed by atoms with Gasteiger partial charge in [-0.2, -0.15) is 0 Å². The number of hydrogen-bond donors (Lipinski definition) is 3. The highest BCUT2D eigenvalue weighted by molar-refractivity contribution is 6.12. The van der Waals surface area contributed by atoms with Crippen molar-refractivity contribution in [1.29, 1.82) is 0 Å². The first-order valence-corrected chi connectivity index (χ1v) is 8.92. The van der Waals surface area contributed by atoms with Crippen LogP contribution in [0, 0.1) is 0 Å². The van der Waals surface area contributed by atoms with Crippen molar-refractivity contribution in [2.24, 2.45) is 0 Å². The van der Waals surface area contributed by atoms with Gasteiger partial charge in [-0.1, -0.05) is 24.3 Å². The van der Waals surface area contributed by atoms with Gasteiger partial charge in [0.25, 0.3) is 0 Å². The Bertz CT molecular complexity index is 1090. The molecule has 3 atom stereocenters. The number of aromatic nitrogens is 1. The first-order valence-electron chi connectivity index (χ1n) is 8.92. The number of para-hydroxylation sites is 1. The average molecular weight is 376 g/mol. The van der Waals surface area contributed by atoms with Crippen LogP contribution in [0.5, 0.6) is 11.5 Å². The number of methoxy groups -OCH3 is 1. The lowest BCUT2D eigenvalue weighted by Gasteiger charge is -2.30. The highest BCUT2D eigenvalue weighted by atomic mass is 16.8. The third-order valence-corrected chi connectivity index (χ3v) is 5.21. The van der Waals surface area contributed by atoms with Gasteiger partial charge in [-0.05, 0) is 29.3 Å². The fourth-order valence-corrected chi connectivity index (χ4v) is 4.00. The predicted molar refractivity (Wildman–Crippen MR) is 101 cm³/mol. The van der Waals surface area contributed by atoms with Gasteiger partial charge in [0.2, 0.25) is 7.85 Å². The summed E-state index contributed by atoms with van der Waals surface area (Å²) in [5.41, 5.74) is 3.88. The number of carbonyl (C=O) groups is 1. The molecule has 0 saturated heterocycles. The summed E-state index contributed by atoms with van der Waals surface area (Å²) in [7, 11) is 6.87. The van der Waals surface area contributed by atoms with Crippen molar-refractivity contribution in [3.8, 4) is 11.5 Å². The minimum absolute atomic E-state index is 0.305. The fraction of sp³-hybridized carbons (Fsp3) is 0.250. The first kappa shape index (κ1) is 17.2. The summed E-state index contributed by atoms with van der Waals surface area (Å²) in [5, 5.41) is 14.2. The van der Waals surface area contributed by atoms with Crippen LogP contribution < -0.4 is 14.8 Å². The lowest BCUT2D eigenvalue weighted by Crippen LogP contribution is -2.45. The third-order valence-electron chi connectivity index (χ3n) is 5.21. The summed E-state index contributed by atoms with van der Waals surface area (Å²) in [4.78, 5) is 15.8. The Kier molecular flexibility index (Phi) is 3.69. The lowest BCUT2D eigenvalue weighted by molar-refractivity contribution is -0.178. The van der Waals surface area contributed by atoms with Crippen molar-refractivity contribution in [2.45, 2.75) is 24.4 Å². The Hall–Kier alpha value is -2.97. The van der Waals surface area contributed by atoms with Crippen LogP contribution in [0.3, 0.4) is 0 Å². The number of hydrogen-bond acceptors (Lipinski definition) is 6. The maximum Gasteiger partial charge on any atom is 0.323 e. The Morgan fingerprint density at radius 2 is 2.04 bits per heavy atom. The summed E-state index contributed by atoms with van der Waals surface area (Å²) in [5.74, 6) is -1.81. The molecule has 0 saturated carbocycles. The molecular weight excluding hydrogens is 359 g/mol. The number of ether oxygens (including phenoxy) is 3. The second-order valence-corrected chi connectivity index (χ2v) is 6.98. The number of rotatable bonds is 2. The highest BCUT2D eigenvalue weighted by Crippen LogP contribution is 2.42. The summed E-state index contributed by atoms with van der Waals surface area (Å²) >= 11 is 0. The van der Waals surface area contributed by atoms with Gasteiger partial charge >= 0.3 is 11.8 Å². The van der Waals surface area contributed by atoms with E-state index in [1.165, 1.54) is 7.11 Å². The number of carbonyl (C=O) groups excluding carboxylic acids is 1. The van der Waals surface area contributed by atoms with Crippen LogP contribution in [0.15, 0.2) is 42.5 Å². The Labute approximate surface area is 162 Å². The molecule has 140 valence electrons. The molecule has 0 fully saturated rings. The molecule has 8 heteroatoms. The molecule has 0 bridgehead atoms. The van der Waals surface area contributed by atoms with E-state index in [2.05, 4.69) is 10.3 Å². The normalized spacial score (nSPS) is 25.5. The Morgan fingerprint density at radius 1 is 1.25 bits per heavy atom. The number of aromatic amines is 1. The van der Waals surface area contributed by atoms with E-state index in [0.717, 1.165) is 27.7 Å². The van der Waals surface area contributed by atoms with Gasteiger partial charge in [0.05, 0.1) is 13.2 Å². The van der Waals surface area contributed by atoms with E-state index in [9.17, 15) is 9.90 Å². The second-order valence-electron chi connectivity index (χ2n) is 6.98. The number of aliphatic hydroxyl groups is 1. The van der Waals surface area contributed by atoms with E-state index < -0.39 is 11.9 Å². The molecular formula is C20H17BN2O5. The van der Waals surface area contributed by atoms with Crippen molar-refractivity contribution < 1.29 is 24.1 Å². The van der Waals surface area contributed by atoms with Crippen LogP contribution in [0.25, 0.3) is 10.9 Å². The monoisotopic (exact) mass is 376 g/mol. The minimum Gasteiger partial charge on any atom is -0.468 e. The fourth-order valence-electron chi connectivity index (χ4n) is 4.00. The van der Waals surface area contributed by atoms with Gasteiger partial charge in [-0.15, -0.1) is 0 Å². The average Bonchev–Trinajstić information content (AvgIpc) is 3.21. The molecule has 1 unspecified atom stereocenters. The number of benzene rings is 2. The van der Waals surface area contributed by atoms with E-state index in [-0.39, 0.29) is 12.0 Å². The Balaban J connectivity index is 1.62. The molecule has 2 aliphatic rings. The van der Waals surface area contributed by atoms with Crippen molar-refractivity contribution in [3.63, 3.8) is 0 Å². The zero-order valence-corrected chi connectivity index (χ0v) is 15.1. The summed E-state index contributed by atoms with van der Waals surface area (Å²) in [6, 6.07) is 12.5. The highest BCUT2D eigenvalue weighted by Gasteiger charge is 2.37.